The van der Waals surface area contributed by atoms with Crippen LogP contribution in [0.5, 0.6) is 0 Å². The molecule has 4 nitrogen and oxygen atoms in total. The number of carboxylic acid groups (broad SMARTS) is 1. The maximum absolute atomic E-state index is 10.9. The van der Waals surface area contributed by atoms with Gasteiger partial charge >= 0.3 is 5.97 Å². The number of aliphatic carboxylic acids is 1. The van der Waals surface area contributed by atoms with E-state index in [4.69, 9.17) is 14.6 Å². The van der Waals surface area contributed by atoms with E-state index in [0.717, 1.165) is 12.8 Å². The van der Waals surface area contributed by atoms with E-state index in [2.05, 4.69) is 6.92 Å². The third kappa shape index (κ3) is 1.53. The van der Waals surface area contributed by atoms with Crippen LogP contribution in [0.15, 0.2) is 0 Å². The molecule has 1 spiro atoms. The zero-order valence-corrected chi connectivity index (χ0v) is 8.36. The van der Waals surface area contributed by atoms with Gasteiger partial charge in [0.15, 0.2) is 5.79 Å². The molecule has 1 N–H and O–H groups in total. The summed E-state index contributed by atoms with van der Waals surface area (Å²) in [5, 5.41) is 8.96. The highest BCUT2D eigenvalue weighted by molar-refractivity contribution is 5.70. The van der Waals surface area contributed by atoms with Crippen LogP contribution in [-0.4, -0.2) is 30.1 Å². The Morgan fingerprint density at radius 2 is 2.00 bits per heavy atom. The lowest BCUT2D eigenvalue weighted by atomic mass is 9.78. The second-order valence-corrected chi connectivity index (χ2v) is 4.23. The van der Waals surface area contributed by atoms with E-state index >= 15 is 0 Å². The highest BCUT2D eigenvalue weighted by Crippen LogP contribution is 2.42. The molecule has 0 bridgehead atoms. The fraction of sp³-hybridized carbons (Fsp3) is 0.900. The van der Waals surface area contributed by atoms with E-state index in [-0.39, 0.29) is 5.92 Å². The van der Waals surface area contributed by atoms with Gasteiger partial charge < -0.3 is 14.6 Å². The van der Waals surface area contributed by atoms with E-state index in [9.17, 15) is 4.79 Å². The van der Waals surface area contributed by atoms with Crippen LogP contribution in [0, 0.1) is 11.8 Å². The summed E-state index contributed by atoms with van der Waals surface area (Å²) in [5.74, 6) is -1.32. The Labute approximate surface area is 83.2 Å². The maximum Gasteiger partial charge on any atom is 0.306 e. The van der Waals surface area contributed by atoms with Crippen LogP contribution in [-0.2, 0) is 14.3 Å². The molecule has 0 amide bonds. The van der Waals surface area contributed by atoms with Gasteiger partial charge in [-0.15, -0.1) is 0 Å². The van der Waals surface area contributed by atoms with E-state index < -0.39 is 11.8 Å². The van der Waals surface area contributed by atoms with Gasteiger partial charge in [0.1, 0.15) is 0 Å². The Morgan fingerprint density at radius 3 is 2.57 bits per heavy atom. The Hall–Kier alpha value is -0.610. The molecule has 1 heterocycles. The van der Waals surface area contributed by atoms with Crippen LogP contribution in [0.3, 0.4) is 0 Å². The monoisotopic (exact) mass is 200 g/mol. The van der Waals surface area contributed by atoms with Crippen molar-refractivity contribution in [2.75, 3.05) is 13.2 Å². The first-order chi connectivity index (χ1) is 6.64. The summed E-state index contributed by atoms with van der Waals surface area (Å²) < 4.78 is 11.2. The molecule has 2 aliphatic rings. The first-order valence-electron chi connectivity index (χ1n) is 5.15. The lowest BCUT2D eigenvalue weighted by Gasteiger charge is -2.39. The Balaban J connectivity index is 2.10. The summed E-state index contributed by atoms with van der Waals surface area (Å²) >= 11 is 0. The number of carboxylic acids is 1. The lowest BCUT2D eigenvalue weighted by molar-refractivity contribution is -0.220. The normalized spacial score (nSPS) is 36.1. The van der Waals surface area contributed by atoms with E-state index in [1.165, 1.54) is 0 Å². The third-order valence-corrected chi connectivity index (χ3v) is 3.36. The smallest absolute Gasteiger partial charge is 0.306 e. The summed E-state index contributed by atoms with van der Waals surface area (Å²) in [5.41, 5.74) is 0. The molecule has 1 unspecified atom stereocenters. The number of rotatable bonds is 1. The first kappa shape index (κ1) is 9.93. The van der Waals surface area contributed by atoms with Gasteiger partial charge in [0.2, 0.25) is 0 Å². The molecule has 2 atom stereocenters. The van der Waals surface area contributed by atoms with Crippen LogP contribution >= 0.6 is 0 Å². The van der Waals surface area contributed by atoms with Gasteiger partial charge in [-0.05, 0) is 12.8 Å². The Bertz CT molecular complexity index is 232. The zero-order valence-electron chi connectivity index (χ0n) is 8.36. The molecule has 0 aromatic heterocycles. The van der Waals surface area contributed by atoms with Crippen LogP contribution in [0.25, 0.3) is 0 Å². The highest BCUT2D eigenvalue weighted by atomic mass is 16.7. The lowest BCUT2D eigenvalue weighted by Crippen LogP contribution is -2.45. The number of carbonyl (C=O) groups is 1. The quantitative estimate of drug-likeness (QED) is 0.692. The number of ether oxygens (including phenoxy) is 2. The van der Waals surface area contributed by atoms with E-state index in [0.29, 0.717) is 25.6 Å². The minimum absolute atomic E-state index is 0.302. The van der Waals surface area contributed by atoms with Crippen LogP contribution < -0.4 is 0 Å². The van der Waals surface area contributed by atoms with Crippen LogP contribution in [0.4, 0.5) is 0 Å². The molecule has 80 valence electrons. The van der Waals surface area contributed by atoms with Gasteiger partial charge in [-0.2, -0.15) is 0 Å². The van der Waals surface area contributed by atoms with Gasteiger partial charge in [0.05, 0.1) is 19.1 Å². The molecular weight excluding hydrogens is 184 g/mol. The van der Waals surface area contributed by atoms with E-state index in [1.807, 2.05) is 0 Å². The van der Waals surface area contributed by atoms with Crippen molar-refractivity contribution in [2.45, 2.75) is 32.0 Å². The maximum atomic E-state index is 10.9. The van der Waals surface area contributed by atoms with Crippen molar-refractivity contribution in [2.24, 2.45) is 11.8 Å². The molecule has 1 aliphatic carbocycles. The molecule has 0 radical (unpaired) electrons. The van der Waals surface area contributed by atoms with E-state index in [1.54, 1.807) is 0 Å². The second-order valence-electron chi connectivity index (χ2n) is 4.23. The second kappa shape index (κ2) is 3.51. The van der Waals surface area contributed by atoms with Crippen molar-refractivity contribution < 1.29 is 19.4 Å². The van der Waals surface area contributed by atoms with Gasteiger partial charge in [-0.25, -0.2) is 0 Å². The van der Waals surface area contributed by atoms with Gasteiger partial charge in [0, 0.05) is 12.3 Å². The standard InChI is InChI=1S/C10H16O4/c1-7-2-3-8(9(11)12)6-10(7)13-4-5-14-10/h7-8H,2-6H2,1H3,(H,11,12)/t7?,8-/m1/s1. The summed E-state index contributed by atoms with van der Waals surface area (Å²) in [6, 6.07) is 0. The third-order valence-electron chi connectivity index (χ3n) is 3.36. The fourth-order valence-corrected chi connectivity index (χ4v) is 2.40. The summed E-state index contributed by atoms with van der Waals surface area (Å²) in [7, 11) is 0. The van der Waals surface area contributed by atoms with Crippen molar-refractivity contribution in [3.8, 4) is 0 Å². The van der Waals surface area contributed by atoms with Crippen LogP contribution in [0.1, 0.15) is 26.2 Å². The predicted molar refractivity (Wildman–Crippen MR) is 48.8 cm³/mol. The Morgan fingerprint density at radius 1 is 1.36 bits per heavy atom. The molecule has 1 saturated carbocycles. The largest absolute Gasteiger partial charge is 0.481 e. The zero-order chi connectivity index (χ0) is 10.2. The molecule has 0 aromatic rings. The predicted octanol–water partition coefficient (Wildman–Crippen LogP) is 1.25. The number of hydrogen-bond acceptors (Lipinski definition) is 3. The topological polar surface area (TPSA) is 55.8 Å². The summed E-state index contributed by atoms with van der Waals surface area (Å²) in [4.78, 5) is 10.9. The first-order valence-corrected chi connectivity index (χ1v) is 5.15. The van der Waals surface area contributed by atoms with Gasteiger partial charge in [-0.1, -0.05) is 6.92 Å². The van der Waals surface area contributed by atoms with Crippen molar-refractivity contribution >= 4 is 5.97 Å². The van der Waals surface area contributed by atoms with Crippen molar-refractivity contribution in [1.82, 2.24) is 0 Å². The van der Waals surface area contributed by atoms with Crippen molar-refractivity contribution in [1.29, 1.82) is 0 Å². The van der Waals surface area contributed by atoms with Gasteiger partial charge in [-0.3, -0.25) is 4.79 Å². The molecule has 1 aliphatic heterocycles. The molecule has 2 rings (SSSR count). The minimum atomic E-state index is -0.727. The molecule has 4 heteroatoms. The molecule has 14 heavy (non-hydrogen) atoms. The molecule has 0 aromatic carbocycles. The molecule has 2 fully saturated rings. The minimum Gasteiger partial charge on any atom is -0.481 e. The SMILES string of the molecule is CC1CC[C@@H](C(=O)O)CC12OCCO2. The number of hydrogen-bond donors (Lipinski definition) is 1. The average molecular weight is 200 g/mol. The summed E-state index contributed by atoms with van der Waals surface area (Å²) in [6.45, 7) is 3.26. The van der Waals surface area contributed by atoms with Crippen molar-refractivity contribution in [3.05, 3.63) is 0 Å². The molecule has 1 saturated heterocycles. The summed E-state index contributed by atoms with van der Waals surface area (Å²) in [6.07, 6.45) is 2.12. The van der Waals surface area contributed by atoms with Crippen LogP contribution in [0.2, 0.25) is 0 Å². The Kier molecular flexibility index (Phi) is 2.49. The highest BCUT2D eigenvalue weighted by Gasteiger charge is 2.48. The van der Waals surface area contributed by atoms with Gasteiger partial charge in [0.25, 0.3) is 0 Å². The van der Waals surface area contributed by atoms with Crippen molar-refractivity contribution in [3.63, 3.8) is 0 Å². The fourth-order valence-electron chi connectivity index (χ4n) is 2.40. The average Bonchev–Trinajstić information content (AvgIpc) is 2.59. The molecular formula is C10H16O4.